The molecular formula is C20H25N5O4S. The van der Waals surface area contributed by atoms with Crippen molar-refractivity contribution in [1.82, 2.24) is 24.2 Å². The summed E-state index contributed by atoms with van der Waals surface area (Å²) < 4.78 is 26.0. The molecule has 1 saturated heterocycles. The number of aromatic amines is 1. The number of piperidine rings is 1. The molecule has 1 unspecified atom stereocenters. The molecule has 0 aliphatic carbocycles. The zero-order valence-corrected chi connectivity index (χ0v) is 17.7. The fourth-order valence-corrected chi connectivity index (χ4v) is 5.16. The van der Waals surface area contributed by atoms with Gasteiger partial charge in [0, 0.05) is 24.8 Å². The Morgan fingerprint density at radius 2 is 2.10 bits per heavy atom. The number of nitrogens with zero attached hydrogens (tertiary/aromatic N) is 4. The summed E-state index contributed by atoms with van der Waals surface area (Å²) in [6.07, 6.45) is 4.37. The summed E-state index contributed by atoms with van der Waals surface area (Å²) >= 11 is 0. The van der Waals surface area contributed by atoms with Gasteiger partial charge in [0.2, 0.25) is 10.0 Å². The fraction of sp³-hybridized carbons (Fsp3) is 0.500. The largest absolute Gasteiger partial charge is 0.327 e. The molecule has 0 aromatic carbocycles. The van der Waals surface area contributed by atoms with Crippen LogP contribution in [-0.2, 0) is 23.0 Å². The van der Waals surface area contributed by atoms with Crippen LogP contribution in [0.3, 0.4) is 0 Å². The molecule has 0 saturated carbocycles. The summed E-state index contributed by atoms with van der Waals surface area (Å²) in [6.45, 7) is 2.52. The fourth-order valence-electron chi connectivity index (χ4n) is 4.11. The van der Waals surface area contributed by atoms with E-state index in [0.717, 1.165) is 12.8 Å². The van der Waals surface area contributed by atoms with Crippen molar-refractivity contribution in [1.29, 1.82) is 0 Å². The third kappa shape index (κ3) is 3.89. The molecule has 160 valence electrons. The van der Waals surface area contributed by atoms with Gasteiger partial charge in [-0.25, -0.2) is 13.4 Å². The Morgan fingerprint density at radius 1 is 1.27 bits per heavy atom. The molecule has 1 N–H and O–H groups in total. The van der Waals surface area contributed by atoms with Gasteiger partial charge in [0.1, 0.15) is 11.5 Å². The number of nitrogens with one attached hydrogen (secondary N) is 1. The van der Waals surface area contributed by atoms with Crippen molar-refractivity contribution >= 4 is 15.9 Å². The number of amides is 1. The molecule has 4 rings (SSSR count). The van der Waals surface area contributed by atoms with Gasteiger partial charge in [0.15, 0.2) is 0 Å². The monoisotopic (exact) mass is 431 g/mol. The van der Waals surface area contributed by atoms with E-state index in [9.17, 15) is 18.0 Å². The van der Waals surface area contributed by atoms with Gasteiger partial charge in [-0.1, -0.05) is 6.07 Å². The van der Waals surface area contributed by atoms with Crippen molar-refractivity contribution < 1.29 is 13.2 Å². The lowest BCUT2D eigenvalue weighted by Gasteiger charge is -2.35. The Balaban J connectivity index is 1.68. The normalized spacial score (nSPS) is 20.0. The van der Waals surface area contributed by atoms with Crippen molar-refractivity contribution in [2.24, 2.45) is 0 Å². The smallest absolute Gasteiger partial charge is 0.273 e. The molecule has 9 nitrogen and oxygen atoms in total. The Bertz CT molecular complexity index is 1100. The molecule has 1 amide bonds. The maximum Gasteiger partial charge on any atom is 0.273 e. The predicted molar refractivity (Wildman–Crippen MR) is 110 cm³/mol. The van der Waals surface area contributed by atoms with Gasteiger partial charge >= 0.3 is 0 Å². The molecule has 2 aliphatic heterocycles. The lowest BCUT2D eigenvalue weighted by molar-refractivity contribution is 0.0592. The zero-order valence-electron chi connectivity index (χ0n) is 16.9. The van der Waals surface area contributed by atoms with E-state index in [-0.39, 0.29) is 36.4 Å². The van der Waals surface area contributed by atoms with Crippen molar-refractivity contribution in [3.05, 3.63) is 57.5 Å². The second-order valence-corrected chi connectivity index (χ2v) is 9.84. The molecule has 0 bridgehead atoms. The van der Waals surface area contributed by atoms with E-state index in [2.05, 4.69) is 15.0 Å². The first-order chi connectivity index (χ1) is 14.4. The van der Waals surface area contributed by atoms with Gasteiger partial charge in [-0.05, 0) is 44.7 Å². The molecule has 0 spiro atoms. The van der Waals surface area contributed by atoms with E-state index in [1.54, 1.807) is 36.2 Å². The second kappa shape index (κ2) is 8.27. The molecule has 30 heavy (non-hydrogen) atoms. The molecule has 2 aromatic heterocycles. The maximum absolute atomic E-state index is 13.0. The highest BCUT2D eigenvalue weighted by Gasteiger charge is 2.33. The molecule has 4 heterocycles. The van der Waals surface area contributed by atoms with Crippen LogP contribution in [0.25, 0.3) is 0 Å². The molecule has 2 aliphatic rings. The standard InChI is InChI=1S/C20H25N5O4S/c1-2-30(28,29)24-12-9-14-16(13-24)22-18(23-19(14)26)17-8-4-6-11-25(17)20(27)15-7-3-5-10-21-15/h3,5,7,10,17H,2,4,6,8-9,11-13H2,1H3,(H,22,23,26). The molecule has 10 heteroatoms. The van der Waals surface area contributed by atoms with Crippen molar-refractivity contribution in [3.63, 3.8) is 0 Å². The van der Waals surface area contributed by atoms with E-state index in [4.69, 9.17) is 0 Å². The first-order valence-corrected chi connectivity index (χ1v) is 11.8. The Morgan fingerprint density at radius 3 is 2.83 bits per heavy atom. The van der Waals surface area contributed by atoms with Gasteiger partial charge < -0.3 is 9.88 Å². The van der Waals surface area contributed by atoms with E-state index in [0.29, 0.717) is 42.2 Å². The highest BCUT2D eigenvalue weighted by molar-refractivity contribution is 7.89. The van der Waals surface area contributed by atoms with Crippen LogP contribution in [0, 0.1) is 0 Å². The van der Waals surface area contributed by atoms with Gasteiger partial charge in [-0.3, -0.25) is 14.6 Å². The molecule has 1 fully saturated rings. The van der Waals surface area contributed by atoms with E-state index in [1.807, 2.05) is 0 Å². The quantitative estimate of drug-likeness (QED) is 0.779. The van der Waals surface area contributed by atoms with Crippen molar-refractivity contribution in [3.8, 4) is 0 Å². The van der Waals surface area contributed by atoms with Crippen LogP contribution < -0.4 is 5.56 Å². The van der Waals surface area contributed by atoms with Gasteiger partial charge in [0.25, 0.3) is 11.5 Å². The summed E-state index contributed by atoms with van der Waals surface area (Å²) in [7, 11) is -3.37. The first kappa shape index (κ1) is 20.7. The molecular weight excluding hydrogens is 406 g/mol. The topological polar surface area (TPSA) is 116 Å². The summed E-state index contributed by atoms with van der Waals surface area (Å²) in [5.74, 6) is 0.224. The Labute approximate surface area is 175 Å². The Kier molecular flexibility index (Phi) is 5.70. The van der Waals surface area contributed by atoms with E-state index < -0.39 is 10.0 Å². The van der Waals surface area contributed by atoms with E-state index >= 15 is 0 Å². The number of sulfonamides is 1. The third-order valence-corrected chi connectivity index (χ3v) is 7.61. The Hall–Kier alpha value is -2.59. The summed E-state index contributed by atoms with van der Waals surface area (Å²) in [5, 5.41) is 0. The van der Waals surface area contributed by atoms with Crippen LogP contribution in [0.4, 0.5) is 0 Å². The van der Waals surface area contributed by atoms with Crippen LogP contribution in [0.2, 0.25) is 0 Å². The van der Waals surface area contributed by atoms with Crippen LogP contribution in [0.5, 0.6) is 0 Å². The van der Waals surface area contributed by atoms with Gasteiger partial charge in [0.05, 0.1) is 24.0 Å². The van der Waals surface area contributed by atoms with Gasteiger partial charge in [-0.15, -0.1) is 0 Å². The minimum absolute atomic E-state index is 0.00730. The zero-order chi connectivity index (χ0) is 21.3. The molecule has 0 radical (unpaired) electrons. The first-order valence-electron chi connectivity index (χ1n) is 10.2. The number of rotatable bonds is 4. The number of likely N-dealkylation sites (tertiary alicyclic amines) is 1. The second-order valence-electron chi connectivity index (χ2n) is 7.59. The number of carbonyl (C=O) groups is 1. The third-order valence-electron chi connectivity index (χ3n) is 5.78. The minimum Gasteiger partial charge on any atom is -0.327 e. The summed E-state index contributed by atoms with van der Waals surface area (Å²) in [5.41, 5.74) is 1.11. The number of aromatic nitrogens is 3. The van der Waals surface area contributed by atoms with Crippen LogP contribution in [0.1, 0.15) is 59.8 Å². The van der Waals surface area contributed by atoms with Crippen LogP contribution >= 0.6 is 0 Å². The average molecular weight is 432 g/mol. The van der Waals surface area contributed by atoms with Crippen molar-refractivity contribution in [2.45, 2.75) is 45.2 Å². The number of fused-ring (bicyclic) bond motifs is 1. The molecule has 1 atom stereocenters. The number of carbonyl (C=O) groups excluding carboxylic acids is 1. The maximum atomic E-state index is 13.0. The minimum atomic E-state index is -3.37. The average Bonchev–Trinajstić information content (AvgIpc) is 2.78. The lowest BCUT2D eigenvalue weighted by Crippen LogP contribution is -2.43. The van der Waals surface area contributed by atoms with Gasteiger partial charge in [-0.2, -0.15) is 4.31 Å². The summed E-state index contributed by atoms with van der Waals surface area (Å²) in [6, 6.07) is 4.82. The highest BCUT2D eigenvalue weighted by atomic mass is 32.2. The highest BCUT2D eigenvalue weighted by Crippen LogP contribution is 2.30. The van der Waals surface area contributed by atoms with E-state index in [1.165, 1.54) is 4.31 Å². The van der Waals surface area contributed by atoms with Crippen LogP contribution in [-0.4, -0.2) is 57.3 Å². The SMILES string of the molecule is CCS(=O)(=O)N1CCc2c(nc(C3CCCCN3C(=O)c3ccccn3)[nH]c2=O)C1. The summed E-state index contributed by atoms with van der Waals surface area (Å²) in [4.78, 5) is 39.1. The predicted octanol–water partition coefficient (Wildman–Crippen LogP) is 1.24. The number of pyridine rings is 1. The lowest BCUT2D eigenvalue weighted by atomic mass is 10.00. The number of H-pyrrole nitrogens is 1. The molecule has 2 aromatic rings. The number of hydrogen-bond donors (Lipinski definition) is 1. The number of hydrogen-bond acceptors (Lipinski definition) is 6. The van der Waals surface area contributed by atoms with Crippen LogP contribution in [0.15, 0.2) is 29.2 Å². The van der Waals surface area contributed by atoms with Crippen molar-refractivity contribution in [2.75, 3.05) is 18.8 Å².